The number of amides is 3. The van der Waals surface area contributed by atoms with E-state index in [0.29, 0.717) is 6.42 Å². The third-order valence-corrected chi connectivity index (χ3v) is 3.00. The Morgan fingerprint density at radius 2 is 2.09 bits per heavy atom. The molecule has 0 aromatic heterocycles. The highest BCUT2D eigenvalue weighted by molar-refractivity contribution is 6.01. The van der Waals surface area contributed by atoms with Crippen LogP contribution in [0.3, 0.4) is 0 Å². The molecule has 0 spiro atoms. The first-order valence-electron chi connectivity index (χ1n) is 8.60. The first-order valence-corrected chi connectivity index (χ1v) is 6.89. The van der Waals surface area contributed by atoms with Gasteiger partial charge in [0.2, 0.25) is 5.91 Å². The normalized spacial score (nSPS) is 19.0. The van der Waals surface area contributed by atoms with Crippen LogP contribution in [0.5, 0.6) is 0 Å². The van der Waals surface area contributed by atoms with Crippen molar-refractivity contribution in [3.8, 4) is 0 Å². The minimum absolute atomic E-state index is 0.0995. The molecule has 1 aliphatic heterocycles. The van der Waals surface area contributed by atoms with Crippen LogP contribution in [0.4, 0.5) is 0 Å². The second kappa shape index (κ2) is 7.88. The van der Waals surface area contributed by atoms with Gasteiger partial charge >= 0.3 is 5.97 Å². The summed E-state index contributed by atoms with van der Waals surface area (Å²) in [6, 6.07) is -0.810. The summed E-state index contributed by atoms with van der Waals surface area (Å²) in [7, 11) is 1.35. The number of carbonyl (C=O) groups excluding carboxylic acids is 4. The smallest absolute Gasteiger partial charge is 0.344 e. The summed E-state index contributed by atoms with van der Waals surface area (Å²) in [6.45, 7) is 0.801. The van der Waals surface area contributed by atoms with E-state index >= 15 is 0 Å². The van der Waals surface area contributed by atoms with Crippen molar-refractivity contribution in [3.63, 3.8) is 0 Å². The molecule has 8 heteroatoms. The van der Waals surface area contributed by atoms with Crippen LogP contribution in [-0.2, 0) is 24.0 Å². The van der Waals surface area contributed by atoms with Crippen LogP contribution in [0.25, 0.3) is 0 Å². The Kier molecular flexibility index (Phi) is 4.90. The quantitative estimate of drug-likeness (QED) is 0.511. The third-order valence-electron chi connectivity index (χ3n) is 3.00. The van der Waals surface area contributed by atoms with E-state index in [2.05, 4.69) is 4.84 Å². The van der Waals surface area contributed by atoms with Crippen LogP contribution in [0.15, 0.2) is 0 Å². The lowest BCUT2D eigenvalue weighted by Gasteiger charge is -2.24. The summed E-state index contributed by atoms with van der Waals surface area (Å²) in [5.74, 6) is -3.74. The molecule has 0 aliphatic carbocycles. The van der Waals surface area contributed by atoms with E-state index in [1.165, 1.54) is 11.9 Å². The van der Waals surface area contributed by atoms with Crippen molar-refractivity contribution in [2.45, 2.75) is 39.2 Å². The van der Waals surface area contributed by atoms with Crippen LogP contribution in [0, 0.1) is 5.92 Å². The summed E-state index contributed by atoms with van der Waals surface area (Å²) < 4.78 is 22.7. The highest BCUT2D eigenvalue weighted by Gasteiger charge is 2.33. The van der Waals surface area contributed by atoms with Crippen molar-refractivity contribution in [1.82, 2.24) is 15.3 Å². The van der Waals surface area contributed by atoms with Gasteiger partial charge in [0.15, 0.2) is 0 Å². The molecule has 124 valence electrons. The van der Waals surface area contributed by atoms with Gasteiger partial charge in [-0.05, 0) is 26.4 Å². The highest BCUT2D eigenvalue weighted by Crippen LogP contribution is 2.12. The minimum atomic E-state index is -2.93. The van der Waals surface area contributed by atoms with E-state index < -0.39 is 36.2 Å². The molecule has 1 heterocycles. The van der Waals surface area contributed by atoms with Gasteiger partial charge in [0.25, 0.3) is 11.8 Å². The largest absolute Gasteiger partial charge is 0.352 e. The number of hydrogen-bond acceptors (Lipinski definition) is 6. The summed E-state index contributed by atoms with van der Waals surface area (Å²) in [6.07, 6.45) is 0.119. The zero-order valence-electron chi connectivity index (χ0n) is 15.9. The molecule has 22 heavy (non-hydrogen) atoms. The summed E-state index contributed by atoms with van der Waals surface area (Å²) in [4.78, 5) is 53.0. The van der Waals surface area contributed by atoms with Gasteiger partial charge in [0, 0.05) is 14.2 Å². The van der Waals surface area contributed by atoms with Crippen molar-refractivity contribution in [2.24, 2.45) is 5.92 Å². The van der Waals surface area contributed by atoms with Crippen molar-refractivity contribution in [1.29, 1.82) is 0 Å². The molecule has 0 saturated carbocycles. The molecule has 8 nitrogen and oxygen atoms in total. The lowest BCUT2D eigenvalue weighted by Crippen LogP contribution is -2.46. The van der Waals surface area contributed by atoms with E-state index in [1.807, 2.05) is 19.2 Å². The van der Waals surface area contributed by atoms with Gasteiger partial charge in [-0.2, -0.15) is 0 Å². The van der Waals surface area contributed by atoms with Crippen molar-refractivity contribution >= 4 is 23.7 Å². The van der Waals surface area contributed by atoms with E-state index in [-0.39, 0.29) is 30.8 Å². The molecule has 0 radical (unpaired) electrons. The fraction of sp³-hybridized carbons (Fsp3) is 0.714. The number of nitrogens with one attached hydrogen (secondary N) is 1. The van der Waals surface area contributed by atoms with Gasteiger partial charge in [-0.1, -0.05) is 13.8 Å². The molecule has 0 aromatic carbocycles. The molecule has 0 bridgehead atoms. The minimum Gasteiger partial charge on any atom is -0.344 e. The highest BCUT2D eigenvalue weighted by atomic mass is 18.1. The second-order valence-corrected chi connectivity index (χ2v) is 5.48. The number of nitrogens with zero attached hydrogens (tertiary/aromatic N) is 2. The topological polar surface area (TPSA) is 96.0 Å². The van der Waals surface area contributed by atoms with Gasteiger partial charge in [0.05, 0.1) is 8.78 Å². The maximum atomic E-state index is 12.3. The average Bonchev–Trinajstić information content (AvgIpc) is 2.82. The van der Waals surface area contributed by atoms with Crippen LogP contribution in [0.1, 0.15) is 37.2 Å². The third kappa shape index (κ3) is 5.10. The second-order valence-electron chi connectivity index (χ2n) is 5.48. The van der Waals surface area contributed by atoms with Crippen LogP contribution in [0.2, 0.25) is 0 Å². The number of hydrogen-bond donors (Lipinski definition) is 1. The van der Waals surface area contributed by atoms with E-state index in [9.17, 15) is 19.2 Å². The standard InChI is InChI=1S/C14H23N3O5/c1-9(2)7-10(16(3)4)14(21)15-8-13(20)22-17-11(18)5-6-12(17)19/h9-10H,5-8H2,1-4H3,(H,15,21)/i3D,8D2,21+2. The predicted octanol–water partition coefficient (Wildman–Crippen LogP) is -0.314. The Labute approximate surface area is 133 Å². The van der Waals surface area contributed by atoms with E-state index in [1.54, 1.807) is 0 Å². The fourth-order valence-electron chi connectivity index (χ4n) is 1.89. The molecular weight excluding hydrogens is 292 g/mol. The number of imide groups is 1. The summed E-state index contributed by atoms with van der Waals surface area (Å²) >= 11 is 0. The Morgan fingerprint density at radius 3 is 2.59 bits per heavy atom. The van der Waals surface area contributed by atoms with Gasteiger partial charge in [-0.25, -0.2) is 4.79 Å². The molecule has 1 atom stereocenters. The molecule has 1 aliphatic rings. The Morgan fingerprint density at radius 1 is 1.50 bits per heavy atom. The van der Waals surface area contributed by atoms with Crippen LogP contribution >= 0.6 is 0 Å². The SMILES string of the molecule is [2H]CN(C)C(CC(C)C)C(=[18O])NC([2H])([2H])C(=O)ON1C(=O)CCC1=O. The van der Waals surface area contributed by atoms with E-state index in [0.717, 1.165) is 0 Å². The molecule has 1 unspecified atom stereocenters. The first-order chi connectivity index (χ1) is 11.5. The lowest BCUT2D eigenvalue weighted by molar-refractivity contribution is -0.196. The molecule has 1 N–H and O–H groups in total. The molecule has 1 rings (SSSR count). The lowest BCUT2D eigenvalue weighted by atomic mass is 10.0. The molecular formula is C14H23N3O5. The predicted molar refractivity (Wildman–Crippen MR) is 77.1 cm³/mol. The Hall–Kier alpha value is -1.96. The zero-order valence-corrected chi connectivity index (χ0v) is 12.9. The first kappa shape index (κ1) is 13.7. The van der Waals surface area contributed by atoms with Gasteiger partial charge in [0.1, 0.15) is 6.50 Å². The van der Waals surface area contributed by atoms with Gasteiger partial charge in [-0.15, -0.1) is 5.06 Å². The van der Waals surface area contributed by atoms with Crippen molar-refractivity contribution in [2.75, 3.05) is 20.6 Å². The number of carbonyl (C=O) groups is 4. The van der Waals surface area contributed by atoms with Crippen molar-refractivity contribution in [3.05, 3.63) is 0 Å². The summed E-state index contributed by atoms with van der Waals surface area (Å²) in [5, 5.41) is 2.14. The molecule has 1 saturated heterocycles. The van der Waals surface area contributed by atoms with E-state index in [4.69, 9.17) is 4.11 Å². The molecule has 3 amide bonds. The number of rotatable bonds is 7. The Balaban J connectivity index is 2.79. The van der Waals surface area contributed by atoms with Gasteiger partial charge in [-0.3, -0.25) is 19.3 Å². The fourth-order valence-corrected chi connectivity index (χ4v) is 1.89. The Bertz CT molecular complexity index is 540. The average molecular weight is 318 g/mol. The maximum Gasteiger partial charge on any atom is 0.352 e. The number of likely N-dealkylation sites (N-methyl/N-ethyl adjacent to an activating group) is 1. The van der Waals surface area contributed by atoms with Crippen molar-refractivity contribution < 1.29 is 28.1 Å². The summed E-state index contributed by atoms with van der Waals surface area (Å²) in [5.41, 5.74) is 0. The maximum absolute atomic E-state index is 12.3. The van der Waals surface area contributed by atoms with Crippen LogP contribution in [-0.4, -0.2) is 60.3 Å². The number of hydroxylamine groups is 2. The molecule has 1 fully saturated rings. The zero-order chi connectivity index (χ0) is 19.4. The molecule has 0 aromatic rings. The van der Waals surface area contributed by atoms with Crippen LogP contribution < -0.4 is 5.32 Å². The van der Waals surface area contributed by atoms with Gasteiger partial charge < -0.3 is 10.2 Å². The monoisotopic (exact) mass is 318 g/mol.